The third-order valence-electron chi connectivity index (χ3n) is 5.66. The van der Waals surface area contributed by atoms with E-state index in [0.717, 1.165) is 50.4 Å². The van der Waals surface area contributed by atoms with Crippen LogP contribution >= 0.6 is 12.4 Å². The first-order chi connectivity index (χ1) is 12.9. The van der Waals surface area contributed by atoms with E-state index in [2.05, 4.69) is 40.5 Å². The summed E-state index contributed by atoms with van der Waals surface area (Å²) < 4.78 is 0. The van der Waals surface area contributed by atoms with Crippen LogP contribution in [0.3, 0.4) is 0 Å². The second-order valence-electron chi connectivity index (χ2n) is 7.32. The molecule has 5 rings (SSSR count). The maximum Gasteiger partial charge on any atom is 0.129 e. The van der Waals surface area contributed by atoms with Gasteiger partial charge in [0.2, 0.25) is 0 Å². The van der Waals surface area contributed by atoms with E-state index in [-0.39, 0.29) is 12.4 Å². The normalized spacial score (nSPS) is 18.1. The van der Waals surface area contributed by atoms with Crippen molar-refractivity contribution in [2.45, 2.75) is 24.7 Å². The monoisotopic (exact) mass is 381 g/mol. The van der Waals surface area contributed by atoms with Gasteiger partial charge >= 0.3 is 0 Å². The Morgan fingerprint density at radius 1 is 0.852 bits per heavy atom. The molecule has 0 saturated carbocycles. The van der Waals surface area contributed by atoms with Gasteiger partial charge < -0.3 is 10.2 Å². The van der Waals surface area contributed by atoms with E-state index >= 15 is 0 Å². The summed E-state index contributed by atoms with van der Waals surface area (Å²) in [4.78, 5) is 16.6. The zero-order valence-corrected chi connectivity index (χ0v) is 16.0. The molecule has 2 aromatic heterocycles. The molecule has 0 atom stereocenters. The highest BCUT2D eigenvalue weighted by atomic mass is 35.5. The molecule has 1 N–H and O–H groups in total. The third kappa shape index (κ3) is 3.49. The molecule has 0 amide bonds. The lowest BCUT2D eigenvalue weighted by Crippen LogP contribution is -2.46. The summed E-state index contributed by atoms with van der Waals surface area (Å²) in [5, 5.41) is 4.63. The van der Waals surface area contributed by atoms with E-state index in [0.29, 0.717) is 11.8 Å². The molecule has 2 saturated heterocycles. The number of fused-ring (bicyclic) bond motifs is 1. The van der Waals surface area contributed by atoms with Crippen molar-refractivity contribution in [1.82, 2.24) is 20.3 Å². The Balaban J connectivity index is 0.00000180. The molecule has 3 aromatic rings. The number of hydrogen-bond donors (Lipinski definition) is 1. The number of hydrogen-bond acceptors (Lipinski definition) is 5. The summed E-state index contributed by atoms with van der Waals surface area (Å²) in [5.74, 6) is 2.07. The van der Waals surface area contributed by atoms with Crippen LogP contribution < -0.4 is 10.2 Å². The highest BCUT2D eigenvalue weighted by Gasteiger charge is 2.34. The Labute approximate surface area is 165 Å². The number of para-hydroxylation sites is 1. The first-order valence-corrected chi connectivity index (χ1v) is 9.51. The van der Waals surface area contributed by atoms with Crippen LogP contribution in [0.5, 0.6) is 0 Å². The average molecular weight is 382 g/mol. The van der Waals surface area contributed by atoms with Crippen LogP contribution in [-0.2, 0) is 0 Å². The topological polar surface area (TPSA) is 53.9 Å². The van der Waals surface area contributed by atoms with Gasteiger partial charge in [0, 0.05) is 42.7 Å². The lowest BCUT2D eigenvalue weighted by molar-refractivity contribution is 0.436. The van der Waals surface area contributed by atoms with Crippen LogP contribution in [-0.4, -0.2) is 41.1 Å². The van der Waals surface area contributed by atoms with Crippen molar-refractivity contribution in [2.24, 2.45) is 0 Å². The Morgan fingerprint density at radius 3 is 2.33 bits per heavy atom. The quantitative estimate of drug-likeness (QED) is 0.752. The Bertz CT molecular complexity index is 919. The number of nitrogens with one attached hydrogen (secondary N) is 1. The van der Waals surface area contributed by atoms with Crippen LogP contribution in [0.25, 0.3) is 10.9 Å². The van der Waals surface area contributed by atoms with Crippen LogP contribution in [0, 0.1) is 0 Å². The summed E-state index contributed by atoms with van der Waals surface area (Å²) in [6, 6.07) is 12.6. The van der Waals surface area contributed by atoms with Crippen molar-refractivity contribution in [2.75, 3.05) is 31.1 Å². The van der Waals surface area contributed by atoms with Gasteiger partial charge in [-0.25, -0.2) is 4.98 Å². The van der Waals surface area contributed by atoms with Crippen LogP contribution in [0.1, 0.15) is 36.1 Å². The van der Waals surface area contributed by atoms with Gasteiger partial charge in [-0.05, 0) is 44.1 Å². The van der Waals surface area contributed by atoms with E-state index in [4.69, 9.17) is 15.0 Å². The highest BCUT2D eigenvalue weighted by molar-refractivity contribution is 5.85. The van der Waals surface area contributed by atoms with E-state index in [1.807, 2.05) is 18.5 Å². The molecule has 0 radical (unpaired) electrons. The van der Waals surface area contributed by atoms with E-state index in [1.54, 1.807) is 0 Å². The first kappa shape index (κ1) is 18.1. The number of nitrogens with zero attached hydrogens (tertiary/aromatic N) is 4. The maximum atomic E-state index is 4.82. The Kier molecular flexibility index (Phi) is 5.23. The van der Waals surface area contributed by atoms with Gasteiger partial charge in [0.1, 0.15) is 5.82 Å². The molecule has 0 spiro atoms. The molecule has 27 heavy (non-hydrogen) atoms. The fraction of sp³-hybridized carbons (Fsp3) is 0.381. The minimum atomic E-state index is 0. The second kappa shape index (κ2) is 7.79. The third-order valence-corrected chi connectivity index (χ3v) is 5.66. The SMILES string of the molecule is Cl.c1ccc2nc(N3CC(c4nccnc4C4CCNCC4)C3)ccc2c1. The molecule has 0 bridgehead atoms. The number of aromatic nitrogens is 3. The molecule has 2 aliphatic heterocycles. The Morgan fingerprint density at radius 2 is 1.56 bits per heavy atom. The van der Waals surface area contributed by atoms with Crippen LogP contribution in [0.4, 0.5) is 5.82 Å². The highest BCUT2D eigenvalue weighted by Crippen LogP contribution is 2.35. The summed E-state index contributed by atoms with van der Waals surface area (Å²) in [7, 11) is 0. The summed E-state index contributed by atoms with van der Waals surface area (Å²) in [5.41, 5.74) is 3.49. The molecule has 0 aliphatic carbocycles. The summed E-state index contributed by atoms with van der Waals surface area (Å²) in [6.07, 6.45) is 6.02. The summed E-state index contributed by atoms with van der Waals surface area (Å²) in [6.45, 7) is 4.11. The predicted molar refractivity (Wildman–Crippen MR) is 111 cm³/mol. The van der Waals surface area contributed by atoms with Crippen LogP contribution in [0.15, 0.2) is 48.8 Å². The lowest BCUT2D eigenvalue weighted by atomic mass is 9.86. The molecule has 6 heteroatoms. The van der Waals surface area contributed by atoms with Gasteiger partial charge in [0.15, 0.2) is 0 Å². The van der Waals surface area contributed by atoms with Crippen molar-refractivity contribution >= 4 is 29.1 Å². The van der Waals surface area contributed by atoms with Gasteiger partial charge in [-0.2, -0.15) is 0 Å². The number of benzene rings is 1. The first-order valence-electron chi connectivity index (χ1n) is 9.51. The van der Waals surface area contributed by atoms with Gasteiger partial charge in [0.25, 0.3) is 0 Å². The maximum absolute atomic E-state index is 4.82. The van der Waals surface area contributed by atoms with Gasteiger partial charge in [0.05, 0.1) is 16.9 Å². The van der Waals surface area contributed by atoms with Crippen molar-refractivity contribution in [3.8, 4) is 0 Å². The van der Waals surface area contributed by atoms with Gasteiger partial charge in [-0.15, -0.1) is 12.4 Å². The smallest absolute Gasteiger partial charge is 0.129 e. The molecule has 2 fully saturated rings. The molecule has 0 unspecified atom stereocenters. The van der Waals surface area contributed by atoms with Gasteiger partial charge in [-0.1, -0.05) is 18.2 Å². The minimum absolute atomic E-state index is 0. The number of pyridine rings is 1. The second-order valence-corrected chi connectivity index (χ2v) is 7.32. The molecule has 140 valence electrons. The van der Waals surface area contributed by atoms with Crippen molar-refractivity contribution < 1.29 is 0 Å². The van der Waals surface area contributed by atoms with Crippen molar-refractivity contribution in [1.29, 1.82) is 0 Å². The average Bonchev–Trinajstić information content (AvgIpc) is 2.68. The van der Waals surface area contributed by atoms with E-state index in [1.165, 1.54) is 16.8 Å². The van der Waals surface area contributed by atoms with Crippen molar-refractivity contribution in [3.05, 3.63) is 60.2 Å². The zero-order valence-electron chi connectivity index (χ0n) is 15.2. The fourth-order valence-corrected chi connectivity index (χ4v) is 4.15. The Hall–Kier alpha value is -2.24. The number of rotatable bonds is 3. The molecule has 4 heterocycles. The summed E-state index contributed by atoms with van der Waals surface area (Å²) >= 11 is 0. The van der Waals surface area contributed by atoms with Gasteiger partial charge in [-0.3, -0.25) is 9.97 Å². The zero-order chi connectivity index (χ0) is 17.3. The minimum Gasteiger partial charge on any atom is -0.355 e. The molecule has 5 nitrogen and oxygen atoms in total. The largest absolute Gasteiger partial charge is 0.355 e. The molecule has 1 aromatic carbocycles. The predicted octanol–water partition coefficient (Wildman–Crippen LogP) is 3.52. The standard InChI is InChI=1S/C21H23N5.ClH/c1-2-4-18-15(3-1)5-6-19(25-18)26-13-17(14-26)21-20(23-11-12-24-21)16-7-9-22-10-8-16;/h1-6,11-12,16-17,22H,7-10,13-14H2;1H. The van der Waals surface area contributed by atoms with Crippen LogP contribution in [0.2, 0.25) is 0 Å². The van der Waals surface area contributed by atoms with Crippen molar-refractivity contribution in [3.63, 3.8) is 0 Å². The molecular weight excluding hydrogens is 358 g/mol. The number of halogens is 1. The fourth-order valence-electron chi connectivity index (χ4n) is 4.15. The van der Waals surface area contributed by atoms with E-state index < -0.39 is 0 Å². The van der Waals surface area contributed by atoms with E-state index in [9.17, 15) is 0 Å². The number of anilines is 1. The lowest BCUT2D eigenvalue weighted by Gasteiger charge is -2.41. The number of piperidine rings is 1. The molecular formula is C21H24ClN5. The molecule has 2 aliphatic rings.